The van der Waals surface area contributed by atoms with Crippen molar-refractivity contribution >= 4 is 32.7 Å². The number of aryl methyl sites for hydroxylation is 3. The standard InChI is InChI=1S/C31H33N2O/c1-18-12-14-23-22-15-13-20-10-8-9-11-21(20)28(22)34-29(23)24(18)27-26-25(19(2)32-33(27)7)30(3,4)16-17-31(26,5)6/h8-15H,16-17H2,1-7H3/q+1/i2D3. The summed E-state index contributed by atoms with van der Waals surface area (Å²) >= 11 is 0. The lowest BCUT2D eigenvalue weighted by Gasteiger charge is -2.41. The van der Waals surface area contributed by atoms with E-state index in [-0.39, 0.29) is 16.5 Å². The minimum atomic E-state index is -2.30. The molecule has 0 fully saturated rings. The number of aromatic nitrogens is 2. The summed E-state index contributed by atoms with van der Waals surface area (Å²) in [6, 6.07) is 16.9. The molecule has 5 aromatic rings. The molecule has 0 saturated heterocycles. The van der Waals surface area contributed by atoms with Gasteiger partial charge < -0.3 is 4.42 Å². The van der Waals surface area contributed by atoms with E-state index in [1.807, 2.05) is 19.2 Å². The van der Waals surface area contributed by atoms with Crippen molar-refractivity contribution in [1.29, 1.82) is 0 Å². The van der Waals surface area contributed by atoms with E-state index in [2.05, 4.69) is 71.0 Å². The summed E-state index contributed by atoms with van der Waals surface area (Å²) in [4.78, 5) is 0. The van der Waals surface area contributed by atoms with Crippen LogP contribution in [0.4, 0.5) is 0 Å². The van der Waals surface area contributed by atoms with Gasteiger partial charge in [-0.15, -0.1) is 0 Å². The fourth-order valence-corrected chi connectivity index (χ4v) is 6.09. The van der Waals surface area contributed by atoms with Crippen LogP contribution in [-0.4, -0.2) is 5.10 Å². The molecule has 3 aromatic carbocycles. The second-order valence-electron chi connectivity index (χ2n) is 11.2. The molecule has 0 saturated carbocycles. The van der Waals surface area contributed by atoms with E-state index < -0.39 is 6.85 Å². The molecule has 0 aliphatic heterocycles. The second-order valence-corrected chi connectivity index (χ2v) is 11.2. The van der Waals surface area contributed by atoms with Crippen molar-refractivity contribution < 1.29 is 13.2 Å². The summed E-state index contributed by atoms with van der Waals surface area (Å²) in [7, 11) is 1.87. The van der Waals surface area contributed by atoms with Crippen LogP contribution in [0.3, 0.4) is 0 Å². The third kappa shape index (κ3) is 2.82. The fourth-order valence-electron chi connectivity index (χ4n) is 6.09. The number of hydrogen-bond donors (Lipinski definition) is 0. The molecular formula is C31H33N2O+. The zero-order valence-electron chi connectivity index (χ0n) is 23.8. The van der Waals surface area contributed by atoms with Gasteiger partial charge in [0.15, 0.2) is 7.05 Å². The molecule has 2 aromatic heterocycles. The Morgan fingerprint density at radius 2 is 1.53 bits per heavy atom. The van der Waals surface area contributed by atoms with Crippen LogP contribution < -0.4 is 4.68 Å². The molecular weight excluding hydrogens is 416 g/mol. The quantitative estimate of drug-likeness (QED) is 0.245. The Hall–Kier alpha value is -3.20. The van der Waals surface area contributed by atoms with Crippen molar-refractivity contribution in [2.24, 2.45) is 7.05 Å². The number of nitrogens with zero attached hydrogens (tertiary/aromatic N) is 2. The first kappa shape index (κ1) is 18.2. The van der Waals surface area contributed by atoms with E-state index in [0.717, 1.165) is 73.5 Å². The molecule has 0 N–H and O–H groups in total. The first-order valence-electron chi connectivity index (χ1n) is 13.6. The molecule has 0 unspecified atom stereocenters. The zero-order valence-corrected chi connectivity index (χ0v) is 20.8. The monoisotopic (exact) mass is 452 g/mol. The lowest BCUT2D eigenvalue weighted by molar-refractivity contribution is -0.721. The Morgan fingerprint density at radius 1 is 0.853 bits per heavy atom. The van der Waals surface area contributed by atoms with Gasteiger partial charge in [-0.1, -0.05) is 74.8 Å². The second kappa shape index (κ2) is 6.91. The summed E-state index contributed by atoms with van der Waals surface area (Å²) in [5.74, 6) is 0. The summed E-state index contributed by atoms with van der Waals surface area (Å²) in [6.45, 7) is 8.57. The number of hydrogen-bond acceptors (Lipinski definition) is 2. The largest absolute Gasteiger partial charge is 0.454 e. The van der Waals surface area contributed by atoms with Crippen molar-refractivity contribution in [1.82, 2.24) is 5.10 Å². The Balaban J connectivity index is 1.81. The van der Waals surface area contributed by atoms with E-state index in [4.69, 9.17) is 13.6 Å². The number of furan rings is 1. The molecule has 2 heterocycles. The van der Waals surface area contributed by atoms with E-state index in [1.165, 1.54) is 0 Å². The molecule has 6 rings (SSSR count). The predicted octanol–water partition coefficient (Wildman–Crippen LogP) is 7.59. The molecule has 34 heavy (non-hydrogen) atoms. The summed E-state index contributed by atoms with van der Waals surface area (Å²) in [5.41, 5.74) is 6.35. The molecule has 3 heteroatoms. The van der Waals surface area contributed by atoms with Gasteiger partial charge in [-0.05, 0) is 65.1 Å². The maximum Gasteiger partial charge on any atom is 0.246 e. The number of benzene rings is 3. The van der Waals surface area contributed by atoms with Gasteiger partial charge in [0.1, 0.15) is 16.9 Å². The van der Waals surface area contributed by atoms with Crippen LogP contribution in [-0.2, 0) is 17.9 Å². The van der Waals surface area contributed by atoms with Crippen LogP contribution in [0.1, 0.15) is 67.0 Å². The maximum absolute atomic E-state index is 8.35. The highest BCUT2D eigenvalue weighted by molar-refractivity contribution is 6.17. The predicted molar refractivity (Wildman–Crippen MR) is 140 cm³/mol. The Labute approximate surface area is 205 Å². The molecule has 0 spiro atoms. The minimum Gasteiger partial charge on any atom is -0.454 e. The Bertz CT molecular complexity index is 1740. The third-order valence-electron chi connectivity index (χ3n) is 8.00. The average molecular weight is 453 g/mol. The van der Waals surface area contributed by atoms with Crippen molar-refractivity contribution in [3.05, 3.63) is 70.9 Å². The molecule has 1 aliphatic rings. The van der Waals surface area contributed by atoms with Gasteiger partial charge in [-0.3, -0.25) is 0 Å². The van der Waals surface area contributed by atoms with E-state index >= 15 is 0 Å². The lowest BCUT2D eigenvalue weighted by atomic mass is 9.62. The maximum atomic E-state index is 8.35. The third-order valence-corrected chi connectivity index (χ3v) is 8.00. The molecule has 0 radical (unpaired) electrons. The van der Waals surface area contributed by atoms with Crippen LogP contribution in [0.15, 0.2) is 52.9 Å². The van der Waals surface area contributed by atoms with Gasteiger partial charge in [0, 0.05) is 25.8 Å². The molecule has 3 nitrogen and oxygen atoms in total. The summed E-state index contributed by atoms with van der Waals surface area (Å²) < 4.78 is 33.6. The Morgan fingerprint density at radius 3 is 2.29 bits per heavy atom. The highest BCUT2D eigenvalue weighted by atomic mass is 16.3. The first-order valence-corrected chi connectivity index (χ1v) is 12.1. The average Bonchev–Trinajstić information content (AvgIpc) is 3.20. The van der Waals surface area contributed by atoms with Crippen molar-refractivity contribution in [2.75, 3.05) is 0 Å². The highest BCUT2D eigenvalue weighted by Crippen LogP contribution is 2.50. The topological polar surface area (TPSA) is 29.9 Å². The van der Waals surface area contributed by atoms with Gasteiger partial charge in [0.2, 0.25) is 5.69 Å². The van der Waals surface area contributed by atoms with Crippen LogP contribution in [0, 0.1) is 13.8 Å². The Kier molecular flexibility index (Phi) is 3.69. The molecule has 0 atom stereocenters. The van der Waals surface area contributed by atoms with Gasteiger partial charge >= 0.3 is 0 Å². The molecule has 0 bridgehead atoms. The van der Waals surface area contributed by atoms with Gasteiger partial charge in [-0.25, -0.2) is 0 Å². The fraction of sp³-hybridized carbons (Fsp3) is 0.355. The van der Waals surface area contributed by atoms with E-state index in [0.29, 0.717) is 0 Å². The normalized spacial score (nSPS) is 18.6. The lowest BCUT2D eigenvalue weighted by Crippen LogP contribution is -2.45. The van der Waals surface area contributed by atoms with Gasteiger partial charge in [-0.2, -0.15) is 0 Å². The van der Waals surface area contributed by atoms with Crippen molar-refractivity contribution in [2.45, 2.75) is 65.1 Å². The van der Waals surface area contributed by atoms with E-state index in [1.54, 1.807) is 4.68 Å². The zero-order chi connectivity index (χ0) is 26.5. The molecule has 172 valence electrons. The summed E-state index contributed by atoms with van der Waals surface area (Å²) in [5, 5.41) is 9.13. The van der Waals surface area contributed by atoms with Crippen LogP contribution >= 0.6 is 0 Å². The van der Waals surface area contributed by atoms with Gasteiger partial charge in [0.05, 0.1) is 5.56 Å². The SMILES string of the molecule is [2H]C([2H])([2H])c1n[n+](C)c(-c2c(C)ccc3c2oc2c4ccccc4ccc32)c2c1C(C)(C)CCC2(C)C. The first-order chi connectivity index (χ1) is 17.3. The number of fused-ring (bicyclic) bond motifs is 6. The minimum absolute atomic E-state index is 0.215. The smallest absolute Gasteiger partial charge is 0.246 e. The van der Waals surface area contributed by atoms with Gasteiger partial charge in [0.25, 0.3) is 0 Å². The van der Waals surface area contributed by atoms with Crippen molar-refractivity contribution in [3.8, 4) is 11.3 Å². The van der Waals surface area contributed by atoms with Crippen LogP contribution in [0.25, 0.3) is 44.0 Å². The molecule has 0 amide bonds. The summed E-state index contributed by atoms with van der Waals surface area (Å²) in [6.07, 6.45) is 1.87. The van der Waals surface area contributed by atoms with Crippen molar-refractivity contribution in [3.63, 3.8) is 0 Å². The highest BCUT2D eigenvalue weighted by Gasteiger charge is 2.45. The van der Waals surface area contributed by atoms with Crippen LogP contribution in [0.5, 0.6) is 0 Å². The molecule has 1 aliphatic carbocycles. The number of rotatable bonds is 1. The van der Waals surface area contributed by atoms with E-state index in [9.17, 15) is 0 Å². The van der Waals surface area contributed by atoms with Crippen LogP contribution in [0.2, 0.25) is 0 Å².